The zero-order valence-corrected chi connectivity index (χ0v) is 21.5. The van der Waals surface area contributed by atoms with Crippen LogP contribution in [0.2, 0.25) is 0 Å². The summed E-state index contributed by atoms with van der Waals surface area (Å²) in [5.41, 5.74) is 1.69. The van der Waals surface area contributed by atoms with Crippen LogP contribution in [0.4, 0.5) is 11.4 Å². The highest BCUT2D eigenvalue weighted by Gasteiger charge is 2.30. The summed E-state index contributed by atoms with van der Waals surface area (Å²) in [6, 6.07) is 12.3. The van der Waals surface area contributed by atoms with Crippen molar-refractivity contribution in [3.05, 3.63) is 48.0 Å². The SMILES string of the molecule is CCOc1ccc(NC(=O)c2ccc(N3CCCCCC3)c(S(=O)(=O)N3CCCCCC3)c2)cc1. The molecule has 2 fully saturated rings. The second kappa shape index (κ2) is 11.9. The first-order chi connectivity index (χ1) is 17.0. The van der Waals surface area contributed by atoms with E-state index in [1.807, 2.05) is 13.0 Å². The summed E-state index contributed by atoms with van der Waals surface area (Å²) in [6.07, 6.45) is 8.25. The first-order valence-electron chi connectivity index (χ1n) is 12.9. The molecule has 8 heteroatoms. The van der Waals surface area contributed by atoms with Gasteiger partial charge < -0.3 is 15.0 Å². The molecule has 0 atom stereocenters. The Hall–Kier alpha value is -2.58. The van der Waals surface area contributed by atoms with Crippen LogP contribution < -0.4 is 15.0 Å². The smallest absolute Gasteiger partial charge is 0.255 e. The predicted octanol–water partition coefficient (Wildman–Crippen LogP) is 5.28. The largest absolute Gasteiger partial charge is 0.494 e. The van der Waals surface area contributed by atoms with Crippen molar-refractivity contribution in [2.75, 3.05) is 43.0 Å². The second-order valence-electron chi connectivity index (χ2n) is 9.31. The molecule has 0 unspecified atom stereocenters. The van der Waals surface area contributed by atoms with Gasteiger partial charge in [0.05, 0.1) is 12.3 Å². The van der Waals surface area contributed by atoms with Crippen LogP contribution in [0, 0.1) is 0 Å². The van der Waals surface area contributed by atoms with Gasteiger partial charge in [-0.15, -0.1) is 0 Å². The average Bonchev–Trinajstić information content (AvgIpc) is 3.31. The third kappa shape index (κ3) is 6.35. The number of sulfonamides is 1. The van der Waals surface area contributed by atoms with Crippen molar-refractivity contribution in [2.24, 2.45) is 0 Å². The number of nitrogens with one attached hydrogen (secondary N) is 1. The molecule has 0 aromatic heterocycles. The van der Waals surface area contributed by atoms with Gasteiger partial charge in [0.2, 0.25) is 10.0 Å². The summed E-state index contributed by atoms with van der Waals surface area (Å²) in [5.74, 6) is 0.405. The molecule has 2 aromatic rings. The van der Waals surface area contributed by atoms with Crippen LogP contribution in [0.25, 0.3) is 0 Å². The number of benzene rings is 2. The Morgan fingerprint density at radius 2 is 1.46 bits per heavy atom. The van der Waals surface area contributed by atoms with Crippen LogP contribution in [-0.2, 0) is 10.0 Å². The van der Waals surface area contributed by atoms with E-state index < -0.39 is 10.0 Å². The van der Waals surface area contributed by atoms with Gasteiger partial charge in [0.25, 0.3) is 5.91 Å². The summed E-state index contributed by atoms with van der Waals surface area (Å²) in [6.45, 7) is 5.22. The monoisotopic (exact) mass is 499 g/mol. The van der Waals surface area contributed by atoms with Gasteiger partial charge in [0.15, 0.2) is 0 Å². The summed E-state index contributed by atoms with van der Waals surface area (Å²) in [5, 5.41) is 2.89. The van der Waals surface area contributed by atoms with Crippen molar-refractivity contribution in [3.8, 4) is 5.75 Å². The summed E-state index contributed by atoms with van der Waals surface area (Å²) in [4.78, 5) is 15.6. The fraction of sp³-hybridized carbons (Fsp3) is 0.519. The maximum absolute atomic E-state index is 13.9. The fourth-order valence-electron chi connectivity index (χ4n) is 4.86. The molecule has 1 amide bonds. The first kappa shape index (κ1) is 25.5. The van der Waals surface area contributed by atoms with E-state index in [4.69, 9.17) is 4.74 Å². The minimum atomic E-state index is -3.72. The van der Waals surface area contributed by atoms with Crippen molar-refractivity contribution in [1.29, 1.82) is 0 Å². The molecular weight excluding hydrogens is 462 g/mol. The quantitative estimate of drug-likeness (QED) is 0.561. The van der Waals surface area contributed by atoms with Crippen molar-refractivity contribution >= 4 is 27.3 Å². The minimum absolute atomic E-state index is 0.251. The van der Waals surface area contributed by atoms with Crippen LogP contribution >= 0.6 is 0 Å². The van der Waals surface area contributed by atoms with E-state index >= 15 is 0 Å². The zero-order chi connectivity index (χ0) is 24.7. The number of hydrogen-bond acceptors (Lipinski definition) is 5. The van der Waals surface area contributed by atoms with Crippen molar-refractivity contribution in [1.82, 2.24) is 4.31 Å². The standard InChI is InChI=1S/C27H37N3O4S/c1-2-34-24-14-12-23(13-15-24)28-27(31)22-11-16-25(29-17-7-3-4-8-18-29)26(21-22)35(32,33)30-19-9-5-6-10-20-30/h11-16,21H,2-10,17-20H2,1H3,(H,28,31). The van der Waals surface area contributed by atoms with E-state index in [1.54, 1.807) is 40.7 Å². The molecule has 35 heavy (non-hydrogen) atoms. The fourth-order valence-corrected chi connectivity index (χ4v) is 6.61. The van der Waals surface area contributed by atoms with E-state index in [9.17, 15) is 13.2 Å². The molecular formula is C27H37N3O4S. The van der Waals surface area contributed by atoms with Crippen LogP contribution in [0.3, 0.4) is 0 Å². The lowest BCUT2D eigenvalue weighted by atomic mass is 10.1. The van der Waals surface area contributed by atoms with Crippen molar-refractivity contribution in [3.63, 3.8) is 0 Å². The maximum atomic E-state index is 13.9. The lowest BCUT2D eigenvalue weighted by Gasteiger charge is -2.28. The van der Waals surface area contributed by atoms with Crippen LogP contribution in [0.5, 0.6) is 5.75 Å². The van der Waals surface area contributed by atoms with E-state index in [0.717, 1.165) is 70.2 Å². The second-order valence-corrected chi connectivity index (χ2v) is 11.2. The minimum Gasteiger partial charge on any atom is -0.494 e. The van der Waals surface area contributed by atoms with Crippen LogP contribution in [-0.4, -0.2) is 51.4 Å². The molecule has 0 radical (unpaired) electrons. The predicted molar refractivity (Wildman–Crippen MR) is 140 cm³/mol. The van der Waals surface area contributed by atoms with Crippen LogP contribution in [0.1, 0.15) is 68.6 Å². The summed E-state index contributed by atoms with van der Waals surface area (Å²) < 4.78 is 34.8. The zero-order valence-electron chi connectivity index (χ0n) is 20.7. The molecule has 0 saturated carbocycles. The van der Waals surface area contributed by atoms with Gasteiger partial charge in [-0.05, 0) is 75.1 Å². The molecule has 2 heterocycles. The molecule has 2 aromatic carbocycles. The number of rotatable bonds is 7. The maximum Gasteiger partial charge on any atom is 0.255 e. The first-order valence-corrected chi connectivity index (χ1v) is 14.4. The number of amides is 1. The van der Waals surface area contributed by atoms with Gasteiger partial charge in [-0.25, -0.2) is 8.42 Å². The Labute approximate surface area is 209 Å². The number of ether oxygens (including phenoxy) is 1. The highest BCUT2D eigenvalue weighted by molar-refractivity contribution is 7.89. The van der Waals surface area contributed by atoms with Crippen molar-refractivity contribution < 1.29 is 17.9 Å². The highest BCUT2D eigenvalue weighted by atomic mass is 32.2. The highest BCUT2D eigenvalue weighted by Crippen LogP contribution is 2.32. The van der Waals surface area contributed by atoms with Gasteiger partial charge in [0, 0.05) is 37.4 Å². The third-order valence-electron chi connectivity index (χ3n) is 6.77. The van der Waals surface area contributed by atoms with Gasteiger partial charge >= 0.3 is 0 Å². The Balaban J connectivity index is 1.65. The molecule has 1 N–H and O–H groups in total. The van der Waals surface area contributed by atoms with E-state index in [-0.39, 0.29) is 10.8 Å². The number of nitrogens with zero attached hydrogens (tertiary/aromatic N) is 2. The number of carbonyl (C=O) groups excluding carboxylic acids is 1. The molecule has 2 aliphatic rings. The Kier molecular flexibility index (Phi) is 8.68. The molecule has 190 valence electrons. The van der Waals surface area contributed by atoms with Crippen molar-refractivity contribution in [2.45, 2.75) is 63.2 Å². The molecule has 7 nitrogen and oxygen atoms in total. The lowest BCUT2D eigenvalue weighted by molar-refractivity contribution is 0.102. The topological polar surface area (TPSA) is 79.0 Å². The third-order valence-corrected chi connectivity index (χ3v) is 8.70. The average molecular weight is 500 g/mol. The molecule has 2 aliphatic heterocycles. The van der Waals surface area contributed by atoms with Crippen LogP contribution in [0.15, 0.2) is 47.4 Å². The molecule has 0 aliphatic carbocycles. The summed E-state index contributed by atoms with van der Waals surface area (Å²) >= 11 is 0. The molecule has 4 rings (SSSR count). The normalized spacial score (nSPS) is 17.9. The van der Waals surface area contributed by atoms with Gasteiger partial charge in [-0.3, -0.25) is 4.79 Å². The van der Waals surface area contributed by atoms with E-state index in [1.165, 1.54) is 0 Å². The van der Waals surface area contributed by atoms with E-state index in [2.05, 4.69) is 10.2 Å². The molecule has 0 spiro atoms. The lowest BCUT2D eigenvalue weighted by Crippen LogP contribution is -2.34. The molecule has 0 bridgehead atoms. The number of carbonyl (C=O) groups is 1. The Morgan fingerprint density at radius 3 is 2.06 bits per heavy atom. The Bertz CT molecular complexity index is 1090. The molecule has 2 saturated heterocycles. The summed E-state index contributed by atoms with van der Waals surface area (Å²) in [7, 11) is -3.72. The van der Waals surface area contributed by atoms with E-state index in [0.29, 0.717) is 36.6 Å². The van der Waals surface area contributed by atoms with Gasteiger partial charge in [-0.1, -0.05) is 25.7 Å². The Morgan fingerprint density at radius 1 is 0.857 bits per heavy atom. The van der Waals surface area contributed by atoms with Gasteiger partial charge in [0.1, 0.15) is 10.6 Å². The number of hydrogen-bond donors (Lipinski definition) is 1. The van der Waals surface area contributed by atoms with Gasteiger partial charge in [-0.2, -0.15) is 4.31 Å². The number of anilines is 2.